The summed E-state index contributed by atoms with van der Waals surface area (Å²) in [4.78, 5) is 10.7. The Bertz CT molecular complexity index is 451. The van der Waals surface area contributed by atoms with E-state index in [1.807, 2.05) is 0 Å². The number of carbonyl (C=O) groups excluding carboxylic acids is 1. The third kappa shape index (κ3) is 2.85. The maximum Gasteiger partial charge on any atom is 0.226 e. The summed E-state index contributed by atoms with van der Waals surface area (Å²) >= 11 is 0. The van der Waals surface area contributed by atoms with Crippen molar-refractivity contribution in [1.82, 2.24) is 0 Å². The molecule has 2 N–H and O–H groups in total. The van der Waals surface area contributed by atoms with Crippen LogP contribution in [0.5, 0.6) is 0 Å². The molecule has 1 amide bonds. The van der Waals surface area contributed by atoms with E-state index in [0.717, 1.165) is 6.26 Å². The lowest BCUT2D eigenvalue weighted by Gasteiger charge is -2.00. The number of sulfone groups is 1. The molecule has 0 saturated heterocycles. The molecular weight excluding hydrogens is 202 g/mol. The Morgan fingerprint density at radius 1 is 1.43 bits per heavy atom. The van der Waals surface area contributed by atoms with Crippen LogP contribution in [-0.4, -0.2) is 20.6 Å². The Balaban J connectivity index is 3.08. The van der Waals surface area contributed by atoms with Crippen LogP contribution in [0.25, 0.3) is 0 Å². The number of nitrogens with two attached hydrogens (primary N) is 1. The van der Waals surface area contributed by atoms with Crippen LogP contribution in [0, 0.1) is 6.42 Å². The van der Waals surface area contributed by atoms with Gasteiger partial charge in [0.2, 0.25) is 5.91 Å². The fraction of sp³-hybridized carbons (Fsp3) is 0.111. The van der Waals surface area contributed by atoms with Gasteiger partial charge in [-0.1, -0.05) is 12.1 Å². The van der Waals surface area contributed by atoms with Gasteiger partial charge < -0.3 is 5.73 Å². The van der Waals surface area contributed by atoms with Crippen molar-refractivity contribution in [3.63, 3.8) is 0 Å². The van der Waals surface area contributed by atoms with Crippen LogP contribution in [-0.2, 0) is 14.6 Å². The first kappa shape index (κ1) is 10.7. The fourth-order valence-electron chi connectivity index (χ4n) is 0.999. The van der Waals surface area contributed by atoms with Gasteiger partial charge in [0.15, 0.2) is 9.84 Å². The van der Waals surface area contributed by atoms with E-state index >= 15 is 0 Å². The molecular formula is C9H10NO3S. The Morgan fingerprint density at radius 2 is 2.07 bits per heavy atom. The van der Waals surface area contributed by atoms with Crippen LogP contribution in [0.4, 0.5) is 0 Å². The minimum absolute atomic E-state index is 0.174. The highest BCUT2D eigenvalue weighted by atomic mass is 32.2. The van der Waals surface area contributed by atoms with Crippen molar-refractivity contribution in [3.05, 3.63) is 36.2 Å². The molecule has 0 aromatic heterocycles. The molecule has 4 nitrogen and oxygen atoms in total. The third-order valence-electron chi connectivity index (χ3n) is 1.60. The topological polar surface area (TPSA) is 77.2 Å². The molecule has 0 unspecified atom stereocenters. The second-order valence-electron chi connectivity index (χ2n) is 2.89. The lowest BCUT2D eigenvalue weighted by Crippen LogP contribution is -2.11. The van der Waals surface area contributed by atoms with Crippen molar-refractivity contribution in [2.24, 2.45) is 5.73 Å². The first-order valence-corrected chi connectivity index (χ1v) is 5.73. The number of hydrogen-bond donors (Lipinski definition) is 1. The van der Waals surface area contributed by atoms with Crippen LogP contribution in [0.2, 0.25) is 0 Å². The minimum Gasteiger partial charge on any atom is -0.369 e. The van der Waals surface area contributed by atoms with Crippen molar-refractivity contribution in [2.75, 3.05) is 6.26 Å². The van der Waals surface area contributed by atoms with Gasteiger partial charge in [-0.2, -0.15) is 0 Å². The highest BCUT2D eigenvalue weighted by molar-refractivity contribution is 7.90. The Hall–Kier alpha value is -1.36. The Morgan fingerprint density at radius 3 is 2.57 bits per heavy atom. The summed E-state index contributed by atoms with van der Waals surface area (Å²) in [5.74, 6) is -0.601. The standard InChI is InChI=1S/C9H10NO3S/c1-14(12,13)8-4-2-3-7(5-8)6-9(10)11/h2-6H,1H3,(H2,10,11). The summed E-state index contributed by atoms with van der Waals surface area (Å²) in [6.07, 6.45) is 2.28. The molecule has 0 atom stereocenters. The highest BCUT2D eigenvalue weighted by Gasteiger charge is 2.08. The highest BCUT2D eigenvalue weighted by Crippen LogP contribution is 2.12. The molecule has 0 bridgehead atoms. The molecule has 5 heteroatoms. The molecule has 75 valence electrons. The summed E-state index contributed by atoms with van der Waals surface area (Å²) in [6, 6.07) is 6.04. The average Bonchev–Trinajstić information content (AvgIpc) is 2.01. The predicted molar refractivity (Wildman–Crippen MR) is 52.1 cm³/mol. The van der Waals surface area contributed by atoms with E-state index in [1.54, 1.807) is 12.1 Å². The molecule has 0 aliphatic heterocycles. The largest absolute Gasteiger partial charge is 0.369 e. The number of carbonyl (C=O) groups is 1. The van der Waals surface area contributed by atoms with E-state index in [1.165, 1.54) is 18.6 Å². The van der Waals surface area contributed by atoms with E-state index in [0.29, 0.717) is 5.56 Å². The van der Waals surface area contributed by atoms with Crippen molar-refractivity contribution in [3.8, 4) is 0 Å². The van der Waals surface area contributed by atoms with Crippen LogP contribution >= 0.6 is 0 Å². The lowest BCUT2D eigenvalue weighted by atomic mass is 10.1. The molecule has 0 spiro atoms. The van der Waals surface area contributed by atoms with Crippen LogP contribution < -0.4 is 5.73 Å². The second kappa shape index (κ2) is 3.79. The monoisotopic (exact) mass is 212 g/mol. The number of primary amides is 1. The summed E-state index contributed by atoms with van der Waals surface area (Å²) in [5.41, 5.74) is 5.43. The molecule has 0 heterocycles. The smallest absolute Gasteiger partial charge is 0.226 e. The van der Waals surface area contributed by atoms with Gasteiger partial charge in [0.1, 0.15) is 0 Å². The van der Waals surface area contributed by atoms with E-state index in [-0.39, 0.29) is 4.90 Å². The molecule has 1 aromatic rings. The van der Waals surface area contributed by atoms with Gasteiger partial charge in [0.05, 0.1) is 11.3 Å². The Kier molecular flexibility index (Phi) is 2.90. The molecule has 1 aromatic carbocycles. The number of benzene rings is 1. The Labute approximate surface area is 82.7 Å². The summed E-state index contributed by atoms with van der Waals surface area (Å²) in [6.45, 7) is 0. The van der Waals surface area contributed by atoms with Crippen LogP contribution in [0.3, 0.4) is 0 Å². The zero-order valence-electron chi connectivity index (χ0n) is 7.60. The van der Waals surface area contributed by atoms with Crippen molar-refractivity contribution >= 4 is 15.7 Å². The van der Waals surface area contributed by atoms with E-state index in [2.05, 4.69) is 0 Å². The first-order chi connectivity index (χ1) is 6.39. The summed E-state index contributed by atoms with van der Waals surface area (Å²) < 4.78 is 22.3. The number of amides is 1. The van der Waals surface area contributed by atoms with E-state index in [9.17, 15) is 13.2 Å². The zero-order valence-corrected chi connectivity index (χ0v) is 8.41. The van der Waals surface area contributed by atoms with Crippen LogP contribution in [0.1, 0.15) is 5.56 Å². The third-order valence-corrected chi connectivity index (χ3v) is 2.71. The first-order valence-electron chi connectivity index (χ1n) is 3.84. The van der Waals surface area contributed by atoms with Crippen molar-refractivity contribution in [1.29, 1.82) is 0 Å². The van der Waals surface area contributed by atoms with Gasteiger partial charge in [0, 0.05) is 6.26 Å². The lowest BCUT2D eigenvalue weighted by molar-refractivity contribution is -0.114. The van der Waals surface area contributed by atoms with Crippen LogP contribution in [0.15, 0.2) is 29.2 Å². The second-order valence-corrected chi connectivity index (χ2v) is 4.91. The molecule has 0 fully saturated rings. The normalized spacial score (nSPS) is 11.2. The molecule has 0 aliphatic rings. The summed E-state index contributed by atoms with van der Waals surface area (Å²) in [7, 11) is -3.23. The quantitative estimate of drug-likeness (QED) is 0.773. The minimum atomic E-state index is -3.23. The molecule has 0 saturated carbocycles. The number of rotatable bonds is 3. The van der Waals surface area contributed by atoms with Gasteiger partial charge >= 0.3 is 0 Å². The van der Waals surface area contributed by atoms with Gasteiger partial charge in [-0.05, 0) is 17.7 Å². The van der Waals surface area contributed by atoms with E-state index < -0.39 is 15.7 Å². The number of hydrogen-bond acceptors (Lipinski definition) is 3. The van der Waals surface area contributed by atoms with E-state index in [4.69, 9.17) is 5.73 Å². The molecule has 14 heavy (non-hydrogen) atoms. The van der Waals surface area contributed by atoms with Gasteiger partial charge in [-0.3, -0.25) is 4.79 Å². The molecule has 1 rings (SSSR count). The van der Waals surface area contributed by atoms with Gasteiger partial charge in [0.25, 0.3) is 0 Å². The van der Waals surface area contributed by atoms with Gasteiger partial charge in [-0.25, -0.2) is 8.42 Å². The zero-order chi connectivity index (χ0) is 10.8. The van der Waals surface area contributed by atoms with Gasteiger partial charge in [-0.15, -0.1) is 0 Å². The average molecular weight is 212 g/mol. The van der Waals surface area contributed by atoms with Crippen molar-refractivity contribution < 1.29 is 13.2 Å². The maximum atomic E-state index is 11.1. The molecule has 0 aliphatic carbocycles. The molecule has 1 radical (unpaired) electrons. The summed E-state index contributed by atoms with van der Waals surface area (Å²) in [5, 5.41) is 0. The van der Waals surface area contributed by atoms with Crippen molar-refractivity contribution in [2.45, 2.75) is 4.90 Å². The maximum absolute atomic E-state index is 11.1. The fourth-order valence-corrected chi connectivity index (χ4v) is 1.68. The predicted octanol–water partition coefficient (Wildman–Crippen LogP) is 0.128. The SMILES string of the molecule is CS(=O)(=O)c1cccc([CH]C(N)=O)c1.